The molecular formula is C14H26Cl2N2O3. The highest BCUT2D eigenvalue weighted by Crippen LogP contribution is 2.34. The third-order valence-corrected chi connectivity index (χ3v) is 2.84. The molecule has 5 nitrogen and oxygen atoms in total. The Balaban J connectivity index is 0. The van der Waals surface area contributed by atoms with Crippen molar-refractivity contribution in [1.82, 2.24) is 10.2 Å². The summed E-state index contributed by atoms with van der Waals surface area (Å²) in [6.07, 6.45) is 0. The first kappa shape index (κ1) is 22.4. The third-order valence-electron chi connectivity index (χ3n) is 2.84. The van der Waals surface area contributed by atoms with E-state index in [-0.39, 0.29) is 24.8 Å². The Morgan fingerprint density at radius 3 is 1.90 bits per heavy atom. The van der Waals surface area contributed by atoms with Crippen LogP contribution in [0.15, 0.2) is 12.1 Å². The largest absolute Gasteiger partial charge is 0.496 e. The molecule has 0 aliphatic rings. The lowest BCUT2D eigenvalue weighted by Crippen LogP contribution is -2.26. The quantitative estimate of drug-likeness (QED) is 0.735. The van der Waals surface area contributed by atoms with E-state index in [9.17, 15) is 0 Å². The minimum absolute atomic E-state index is 0. The summed E-state index contributed by atoms with van der Waals surface area (Å²) in [6, 6.07) is 3.79. The highest BCUT2D eigenvalue weighted by atomic mass is 35.5. The summed E-state index contributed by atoms with van der Waals surface area (Å²) in [4.78, 5) is 2.14. The average Bonchev–Trinajstić information content (AvgIpc) is 2.42. The fourth-order valence-corrected chi connectivity index (χ4v) is 1.76. The molecule has 124 valence electrons. The molecule has 0 spiro atoms. The lowest BCUT2D eigenvalue weighted by molar-refractivity contribution is 0.346. The van der Waals surface area contributed by atoms with Gasteiger partial charge in [0.2, 0.25) is 0 Å². The number of nitrogens with zero attached hydrogens (tertiary/aromatic N) is 1. The van der Waals surface area contributed by atoms with Gasteiger partial charge in [-0.2, -0.15) is 0 Å². The average molecular weight is 341 g/mol. The Hall–Kier alpha value is -0.880. The van der Waals surface area contributed by atoms with Gasteiger partial charge < -0.3 is 24.4 Å². The number of halogens is 2. The molecule has 1 rings (SSSR count). The molecule has 0 saturated carbocycles. The molecule has 0 bridgehead atoms. The molecule has 0 saturated heterocycles. The Morgan fingerprint density at radius 1 is 0.905 bits per heavy atom. The molecule has 0 amide bonds. The van der Waals surface area contributed by atoms with Crippen molar-refractivity contribution in [3.05, 3.63) is 17.7 Å². The number of methoxy groups -OCH3 is 3. The van der Waals surface area contributed by atoms with E-state index in [1.807, 2.05) is 12.1 Å². The van der Waals surface area contributed by atoms with E-state index in [1.54, 1.807) is 21.3 Å². The summed E-state index contributed by atoms with van der Waals surface area (Å²) < 4.78 is 15.9. The van der Waals surface area contributed by atoms with Crippen LogP contribution in [-0.4, -0.2) is 53.4 Å². The number of hydrogen-bond acceptors (Lipinski definition) is 5. The molecule has 0 aliphatic heterocycles. The lowest BCUT2D eigenvalue weighted by Gasteiger charge is -2.15. The molecule has 7 heteroatoms. The van der Waals surface area contributed by atoms with Gasteiger partial charge in [0.15, 0.2) is 11.5 Å². The highest BCUT2D eigenvalue weighted by Gasteiger charge is 2.11. The predicted octanol–water partition coefficient (Wildman–Crippen LogP) is 2.21. The van der Waals surface area contributed by atoms with Crippen LogP contribution in [0.3, 0.4) is 0 Å². The van der Waals surface area contributed by atoms with E-state index in [0.717, 1.165) is 30.9 Å². The minimum Gasteiger partial charge on any atom is -0.496 e. The van der Waals surface area contributed by atoms with Crippen LogP contribution < -0.4 is 19.5 Å². The maximum Gasteiger partial charge on any atom is 0.164 e. The van der Waals surface area contributed by atoms with Crippen molar-refractivity contribution in [3.63, 3.8) is 0 Å². The number of nitrogens with one attached hydrogen (secondary N) is 1. The van der Waals surface area contributed by atoms with Gasteiger partial charge in [0, 0.05) is 31.3 Å². The van der Waals surface area contributed by atoms with Gasteiger partial charge in [0.1, 0.15) is 5.75 Å². The fraction of sp³-hybridized carbons (Fsp3) is 0.571. The molecule has 0 aliphatic carbocycles. The standard InChI is InChI=1S/C14H24N2O3.2ClH/c1-16(2)7-6-15-10-11-8-13(18-4)14(19-5)9-12(11)17-3;;/h8-9,15H,6-7,10H2,1-5H3;2*1H. The van der Waals surface area contributed by atoms with E-state index in [4.69, 9.17) is 14.2 Å². The van der Waals surface area contributed by atoms with Gasteiger partial charge in [-0.1, -0.05) is 0 Å². The van der Waals surface area contributed by atoms with Gasteiger partial charge in [0.25, 0.3) is 0 Å². The van der Waals surface area contributed by atoms with Gasteiger partial charge in [-0.25, -0.2) is 0 Å². The molecule has 0 heterocycles. The predicted molar refractivity (Wildman–Crippen MR) is 90.9 cm³/mol. The van der Waals surface area contributed by atoms with Crippen LogP contribution in [0.1, 0.15) is 5.56 Å². The van der Waals surface area contributed by atoms with E-state index >= 15 is 0 Å². The van der Waals surface area contributed by atoms with Crippen LogP contribution >= 0.6 is 24.8 Å². The van der Waals surface area contributed by atoms with Gasteiger partial charge in [-0.3, -0.25) is 0 Å². The first-order valence-electron chi connectivity index (χ1n) is 6.26. The minimum atomic E-state index is 0. The first-order valence-corrected chi connectivity index (χ1v) is 6.26. The van der Waals surface area contributed by atoms with Gasteiger partial charge in [-0.05, 0) is 20.2 Å². The lowest BCUT2D eigenvalue weighted by atomic mass is 10.1. The first-order chi connectivity index (χ1) is 9.12. The van der Waals surface area contributed by atoms with Gasteiger partial charge in [0.05, 0.1) is 21.3 Å². The monoisotopic (exact) mass is 340 g/mol. The zero-order chi connectivity index (χ0) is 14.3. The Bertz CT molecular complexity index is 404. The molecule has 1 aromatic rings. The molecule has 1 aromatic carbocycles. The van der Waals surface area contributed by atoms with E-state index in [0.29, 0.717) is 11.5 Å². The normalized spacial score (nSPS) is 9.62. The van der Waals surface area contributed by atoms with Crippen LogP contribution in [0.2, 0.25) is 0 Å². The summed E-state index contributed by atoms with van der Waals surface area (Å²) in [6.45, 7) is 2.65. The molecule has 1 N–H and O–H groups in total. The van der Waals surface area contributed by atoms with Crippen LogP contribution in [0.4, 0.5) is 0 Å². The van der Waals surface area contributed by atoms with Gasteiger partial charge in [-0.15, -0.1) is 24.8 Å². The van der Waals surface area contributed by atoms with Crippen LogP contribution in [0.5, 0.6) is 17.2 Å². The van der Waals surface area contributed by atoms with Crippen LogP contribution in [-0.2, 0) is 6.54 Å². The number of likely N-dealkylation sites (N-methyl/N-ethyl adjacent to an activating group) is 1. The Labute approximate surface area is 139 Å². The van der Waals surface area contributed by atoms with Crippen molar-refractivity contribution in [2.45, 2.75) is 6.54 Å². The number of benzene rings is 1. The third kappa shape index (κ3) is 7.09. The molecule has 0 fully saturated rings. The fourth-order valence-electron chi connectivity index (χ4n) is 1.76. The smallest absolute Gasteiger partial charge is 0.164 e. The number of hydrogen-bond donors (Lipinski definition) is 1. The van der Waals surface area contributed by atoms with Crippen molar-refractivity contribution in [2.24, 2.45) is 0 Å². The number of rotatable bonds is 8. The second-order valence-corrected chi connectivity index (χ2v) is 4.50. The summed E-state index contributed by atoms with van der Waals surface area (Å²) in [5.41, 5.74) is 1.05. The second-order valence-electron chi connectivity index (χ2n) is 4.50. The molecule has 0 atom stereocenters. The van der Waals surface area contributed by atoms with Crippen LogP contribution in [0.25, 0.3) is 0 Å². The maximum absolute atomic E-state index is 5.38. The summed E-state index contributed by atoms with van der Waals surface area (Å²) in [7, 11) is 9.02. The SMILES string of the molecule is COc1cc(OC)c(OC)cc1CNCCN(C)C.Cl.Cl. The highest BCUT2D eigenvalue weighted by molar-refractivity contribution is 5.85. The maximum atomic E-state index is 5.38. The van der Waals surface area contributed by atoms with Crippen molar-refractivity contribution in [2.75, 3.05) is 48.5 Å². The zero-order valence-electron chi connectivity index (χ0n) is 13.3. The number of ether oxygens (including phenoxy) is 3. The molecule has 0 unspecified atom stereocenters. The van der Waals surface area contributed by atoms with E-state index < -0.39 is 0 Å². The van der Waals surface area contributed by atoms with Crippen molar-refractivity contribution in [3.8, 4) is 17.2 Å². The Morgan fingerprint density at radius 2 is 1.43 bits per heavy atom. The molecule has 21 heavy (non-hydrogen) atoms. The topological polar surface area (TPSA) is 43.0 Å². The molecule has 0 radical (unpaired) electrons. The van der Waals surface area contributed by atoms with Crippen LogP contribution in [0, 0.1) is 0 Å². The van der Waals surface area contributed by atoms with E-state index in [1.165, 1.54) is 0 Å². The summed E-state index contributed by atoms with van der Waals surface area (Å²) in [5.74, 6) is 2.19. The Kier molecular flexibility index (Phi) is 12.5. The van der Waals surface area contributed by atoms with Crippen molar-refractivity contribution < 1.29 is 14.2 Å². The van der Waals surface area contributed by atoms with E-state index in [2.05, 4.69) is 24.3 Å². The molecular weight excluding hydrogens is 315 g/mol. The molecule has 0 aromatic heterocycles. The summed E-state index contributed by atoms with van der Waals surface area (Å²) in [5, 5.41) is 3.38. The zero-order valence-corrected chi connectivity index (χ0v) is 14.9. The van der Waals surface area contributed by atoms with Gasteiger partial charge >= 0.3 is 0 Å². The van der Waals surface area contributed by atoms with Crippen molar-refractivity contribution in [1.29, 1.82) is 0 Å². The van der Waals surface area contributed by atoms with Crippen molar-refractivity contribution >= 4 is 24.8 Å². The second kappa shape index (κ2) is 11.7. The summed E-state index contributed by atoms with van der Waals surface area (Å²) >= 11 is 0.